The number of esters is 1. The topological polar surface area (TPSA) is 77.0 Å². The number of aromatic nitrogens is 3. The Balaban J connectivity index is 1.44. The number of halogens is 3. The summed E-state index contributed by atoms with van der Waals surface area (Å²) in [6.45, 7) is 6.11. The van der Waals surface area contributed by atoms with E-state index in [1.807, 2.05) is 19.1 Å². The molecule has 4 heterocycles. The summed E-state index contributed by atoms with van der Waals surface area (Å²) in [4.78, 5) is 25.5. The molecule has 0 spiro atoms. The number of carbonyl (C=O) groups excluding carboxylic acids is 1. The van der Waals surface area contributed by atoms with Gasteiger partial charge in [-0.3, -0.25) is 4.79 Å². The van der Waals surface area contributed by atoms with Crippen LogP contribution in [0.4, 0.5) is 24.8 Å². The highest BCUT2D eigenvalue weighted by Gasteiger charge is 2.58. The maximum Gasteiger partial charge on any atom is 0.433 e. The SMILES string of the molecule is Cc1cc(Nc2nccc(C(F)(F)F)n2)cc(-c2cnc([C@]34CC[C@H](C(=O)O3)C(C)(C)C4)s2)c1. The van der Waals surface area contributed by atoms with Gasteiger partial charge in [-0.1, -0.05) is 19.9 Å². The third-order valence-electron chi connectivity index (χ3n) is 6.56. The number of ether oxygens (including phenoxy) is 1. The van der Waals surface area contributed by atoms with Gasteiger partial charge in [0.2, 0.25) is 5.95 Å². The second-order valence-corrected chi connectivity index (χ2v) is 10.7. The van der Waals surface area contributed by atoms with Crippen LogP contribution in [-0.2, 0) is 21.3 Å². The second kappa shape index (κ2) is 7.76. The van der Waals surface area contributed by atoms with Crippen molar-refractivity contribution in [2.24, 2.45) is 11.3 Å². The summed E-state index contributed by atoms with van der Waals surface area (Å²) in [6, 6.07) is 6.43. The highest BCUT2D eigenvalue weighted by atomic mass is 32.1. The maximum atomic E-state index is 13.0. The van der Waals surface area contributed by atoms with Crippen molar-refractivity contribution in [3.8, 4) is 10.4 Å². The Kier molecular flexibility index (Phi) is 5.20. The predicted octanol–water partition coefficient (Wildman–Crippen LogP) is 6.25. The first-order valence-electron chi connectivity index (χ1n) is 10.9. The van der Waals surface area contributed by atoms with Crippen molar-refractivity contribution in [2.45, 2.75) is 51.8 Å². The molecular formula is C24H23F3N4O2S. The van der Waals surface area contributed by atoms with Crippen LogP contribution in [-0.4, -0.2) is 20.9 Å². The van der Waals surface area contributed by atoms with Crippen LogP contribution >= 0.6 is 11.3 Å². The number of hydrogen-bond acceptors (Lipinski definition) is 7. The van der Waals surface area contributed by atoms with Crippen LogP contribution in [0, 0.1) is 18.3 Å². The van der Waals surface area contributed by atoms with E-state index in [0.717, 1.165) is 52.5 Å². The molecule has 6 nitrogen and oxygen atoms in total. The maximum absolute atomic E-state index is 13.0. The quantitative estimate of drug-likeness (QED) is 0.438. The van der Waals surface area contributed by atoms with E-state index in [1.54, 1.807) is 12.3 Å². The van der Waals surface area contributed by atoms with Crippen molar-refractivity contribution in [3.05, 3.63) is 52.9 Å². The minimum absolute atomic E-state index is 0.0720. The van der Waals surface area contributed by atoms with E-state index >= 15 is 0 Å². The van der Waals surface area contributed by atoms with E-state index in [1.165, 1.54) is 11.3 Å². The molecule has 1 N–H and O–H groups in total. The minimum atomic E-state index is -4.55. The van der Waals surface area contributed by atoms with E-state index in [4.69, 9.17) is 4.74 Å². The third-order valence-corrected chi connectivity index (χ3v) is 7.79. The van der Waals surface area contributed by atoms with E-state index in [2.05, 4.69) is 34.1 Å². The summed E-state index contributed by atoms with van der Waals surface area (Å²) in [7, 11) is 0. The molecule has 1 saturated carbocycles. The Morgan fingerprint density at radius 3 is 2.71 bits per heavy atom. The molecule has 34 heavy (non-hydrogen) atoms. The number of rotatable bonds is 4. The van der Waals surface area contributed by atoms with E-state index in [-0.39, 0.29) is 23.3 Å². The largest absolute Gasteiger partial charge is 0.451 e. The summed E-state index contributed by atoms with van der Waals surface area (Å²) in [5, 5.41) is 3.65. The summed E-state index contributed by atoms with van der Waals surface area (Å²) in [6.07, 6.45) is 0.563. The summed E-state index contributed by atoms with van der Waals surface area (Å²) in [5.41, 5.74) is 0.465. The van der Waals surface area contributed by atoms with Gasteiger partial charge in [-0.2, -0.15) is 13.2 Å². The average molecular weight is 489 g/mol. The molecule has 0 amide bonds. The number of carbonyl (C=O) groups is 1. The molecule has 0 radical (unpaired) electrons. The molecule has 10 heteroatoms. The number of anilines is 2. The first kappa shape index (κ1) is 22.8. The van der Waals surface area contributed by atoms with Crippen molar-refractivity contribution in [3.63, 3.8) is 0 Å². The van der Waals surface area contributed by atoms with Gasteiger partial charge in [0.25, 0.3) is 0 Å². The van der Waals surface area contributed by atoms with Crippen molar-refractivity contribution < 1.29 is 22.7 Å². The van der Waals surface area contributed by atoms with Crippen molar-refractivity contribution >= 4 is 28.9 Å². The van der Waals surface area contributed by atoms with Crippen LogP contribution in [0.5, 0.6) is 0 Å². The molecule has 3 aromatic rings. The van der Waals surface area contributed by atoms with E-state index in [0.29, 0.717) is 5.69 Å². The molecule has 2 aliphatic heterocycles. The van der Waals surface area contributed by atoms with Crippen molar-refractivity contribution in [1.29, 1.82) is 0 Å². The zero-order chi connectivity index (χ0) is 24.3. The monoisotopic (exact) mass is 488 g/mol. The van der Waals surface area contributed by atoms with Gasteiger partial charge in [-0.05, 0) is 60.9 Å². The van der Waals surface area contributed by atoms with Gasteiger partial charge < -0.3 is 10.1 Å². The van der Waals surface area contributed by atoms with Gasteiger partial charge >= 0.3 is 12.1 Å². The second-order valence-electron chi connectivity index (χ2n) is 9.68. The zero-order valence-electron chi connectivity index (χ0n) is 18.9. The van der Waals surface area contributed by atoms with Crippen molar-refractivity contribution in [1.82, 2.24) is 15.0 Å². The minimum Gasteiger partial charge on any atom is -0.451 e. The van der Waals surface area contributed by atoms with Crippen LogP contribution in [0.1, 0.15) is 49.4 Å². The molecule has 2 aromatic heterocycles. The van der Waals surface area contributed by atoms with E-state index < -0.39 is 17.5 Å². The highest BCUT2D eigenvalue weighted by Crippen LogP contribution is 2.57. The number of fused-ring (bicyclic) bond motifs is 3. The number of alkyl halides is 3. The fraction of sp³-hybridized carbons (Fsp3) is 0.417. The van der Waals surface area contributed by atoms with Gasteiger partial charge in [0.1, 0.15) is 10.7 Å². The van der Waals surface area contributed by atoms with E-state index in [9.17, 15) is 18.0 Å². The molecule has 2 saturated heterocycles. The Morgan fingerprint density at radius 2 is 2.00 bits per heavy atom. The molecule has 6 rings (SSSR count). The highest BCUT2D eigenvalue weighted by molar-refractivity contribution is 7.15. The van der Waals surface area contributed by atoms with Gasteiger partial charge in [0, 0.05) is 18.1 Å². The molecule has 3 aliphatic rings. The summed E-state index contributed by atoms with van der Waals surface area (Å²) in [5.74, 6) is -0.358. The zero-order valence-corrected chi connectivity index (χ0v) is 19.7. The van der Waals surface area contributed by atoms with Gasteiger partial charge in [-0.15, -0.1) is 11.3 Å². The normalized spacial score (nSPS) is 23.6. The van der Waals surface area contributed by atoms with Crippen LogP contribution in [0.2, 0.25) is 0 Å². The lowest BCUT2D eigenvalue weighted by Gasteiger charge is -2.52. The van der Waals surface area contributed by atoms with Crippen molar-refractivity contribution in [2.75, 3.05) is 5.32 Å². The Bertz CT molecular complexity index is 1270. The van der Waals surface area contributed by atoms with Crippen LogP contribution < -0.4 is 5.32 Å². The van der Waals surface area contributed by atoms with Crippen LogP contribution in [0.15, 0.2) is 36.7 Å². The Hall–Kier alpha value is -3.01. The molecule has 178 valence electrons. The average Bonchev–Trinajstić information content (AvgIpc) is 3.23. The van der Waals surface area contributed by atoms with Gasteiger partial charge in [0.15, 0.2) is 5.60 Å². The molecule has 3 fully saturated rings. The summed E-state index contributed by atoms with van der Waals surface area (Å²) >= 11 is 1.48. The number of aryl methyl sites for hydroxylation is 1. The smallest absolute Gasteiger partial charge is 0.433 e. The predicted molar refractivity (Wildman–Crippen MR) is 121 cm³/mol. The molecule has 2 bridgehead atoms. The number of nitrogens with zero attached hydrogens (tertiary/aromatic N) is 3. The standard InChI is InChI=1S/C24H23F3N4O2S/c1-13-8-14(10-15(9-13)30-21-28-7-5-18(31-21)24(25,26)27)17-11-29-20(34-17)23-6-4-16(19(32)33-23)22(2,3)12-23/h5,7-11,16H,4,6,12H2,1-3H3,(H,28,30,31)/t16-,23-/m1/s1. The first-order valence-corrected chi connectivity index (χ1v) is 11.8. The van der Waals surface area contributed by atoms with Gasteiger partial charge in [-0.25, -0.2) is 15.0 Å². The first-order chi connectivity index (χ1) is 16.0. The number of hydrogen-bond donors (Lipinski definition) is 1. The summed E-state index contributed by atoms with van der Waals surface area (Å²) < 4.78 is 44.9. The third kappa shape index (κ3) is 4.04. The number of benzene rings is 1. The lowest BCUT2D eigenvalue weighted by atomic mass is 9.61. The van der Waals surface area contributed by atoms with Gasteiger partial charge in [0.05, 0.1) is 10.8 Å². The lowest BCUT2D eigenvalue weighted by Crippen LogP contribution is -2.54. The van der Waals surface area contributed by atoms with Crippen LogP contribution in [0.25, 0.3) is 10.4 Å². The van der Waals surface area contributed by atoms with Crippen LogP contribution in [0.3, 0.4) is 0 Å². The Labute approximate surface area is 198 Å². The fourth-order valence-electron chi connectivity index (χ4n) is 5.05. The Morgan fingerprint density at radius 1 is 1.21 bits per heavy atom. The molecule has 0 unspecified atom stereocenters. The molecular weight excluding hydrogens is 465 g/mol. The molecule has 1 aliphatic carbocycles. The lowest BCUT2D eigenvalue weighted by molar-refractivity contribution is -0.209. The number of nitrogens with one attached hydrogen (secondary N) is 1. The molecule has 1 aromatic carbocycles. The molecule has 2 atom stereocenters. The number of thiazole rings is 1. The fourth-order valence-corrected chi connectivity index (χ4v) is 6.11.